The molecule has 0 saturated carbocycles. The van der Waals surface area contributed by atoms with Crippen molar-refractivity contribution < 1.29 is 23.9 Å². The molecule has 7 nitrogen and oxygen atoms in total. The Morgan fingerprint density at radius 1 is 1.04 bits per heavy atom. The summed E-state index contributed by atoms with van der Waals surface area (Å²) in [5, 5.41) is 2.31. The van der Waals surface area contributed by atoms with Crippen LogP contribution in [0.3, 0.4) is 0 Å². The summed E-state index contributed by atoms with van der Waals surface area (Å²) >= 11 is 12.1. The lowest BCUT2D eigenvalue weighted by molar-refractivity contribution is -0.122. The number of urea groups is 1. The first-order valence-corrected chi connectivity index (χ1v) is 8.70. The van der Waals surface area contributed by atoms with Gasteiger partial charge in [-0.2, -0.15) is 0 Å². The number of benzene rings is 2. The van der Waals surface area contributed by atoms with Gasteiger partial charge in [0.25, 0.3) is 11.8 Å². The monoisotopic (exact) mass is 420 g/mol. The summed E-state index contributed by atoms with van der Waals surface area (Å²) in [6, 6.07) is 8.47. The summed E-state index contributed by atoms with van der Waals surface area (Å²) in [5.74, 6) is -0.740. The highest BCUT2D eigenvalue weighted by Crippen LogP contribution is 2.35. The van der Waals surface area contributed by atoms with Crippen molar-refractivity contribution in [3.8, 4) is 11.5 Å². The van der Waals surface area contributed by atoms with E-state index in [1.165, 1.54) is 38.5 Å². The van der Waals surface area contributed by atoms with Crippen LogP contribution in [0.25, 0.3) is 6.08 Å². The van der Waals surface area contributed by atoms with E-state index in [4.69, 9.17) is 32.7 Å². The number of nitrogens with zero attached hydrogens (tertiary/aromatic N) is 1. The van der Waals surface area contributed by atoms with Gasteiger partial charge in [0.15, 0.2) is 0 Å². The number of carbonyl (C=O) groups excluding carboxylic acids is 3. The van der Waals surface area contributed by atoms with Gasteiger partial charge in [-0.25, -0.2) is 9.69 Å². The van der Waals surface area contributed by atoms with Crippen molar-refractivity contribution in [3.05, 3.63) is 57.6 Å². The molecule has 4 amide bonds. The topological polar surface area (TPSA) is 84.9 Å². The van der Waals surface area contributed by atoms with Crippen LogP contribution in [0.5, 0.6) is 11.5 Å². The van der Waals surface area contributed by atoms with E-state index in [9.17, 15) is 14.4 Å². The zero-order valence-corrected chi connectivity index (χ0v) is 16.3. The van der Waals surface area contributed by atoms with Gasteiger partial charge >= 0.3 is 6.03 Å². The Kier molecular flexibility index (Phi) is 5.58. The number of ether oxygens (including phenoxy) is 2. The number of halogens is 2. The smallest absolute Gasteiger partial charge is 0.336 e. The number of barbiturate groups is 1. The molecule has 1 aliphatic heterocycles. The summed E-state index contributed by atoms with van der Waals surface area (Å²) in [6.45, 7) is 0. The minimum absolute atomic E-state index is 0.0170. The van der Waals surface area contributed by atoms with Gasteiger partial charge in [0.1, 0.15) is 17.1 Å². The number of hydrogen-bond acceptors (Lipinski definition) is 5. The molecule has 2 aromatic rings. The fourth-order valence-corrected chi connectivity index (χ4v) is 3.01. The Hall–Kier alpha value is -3.03. The minimum atomic E-state index is -0.919. The van der Waals surface area contributed by atoms with Crippen LogP contribution < -0.4 is 19.7 Å². The third-order valence-corrected chi connectivity index (χ3v) is 4.82. The lowest BCUT2D eigenvalue weighted by Crippen LogP contribution is -2.54. The largest absolute Gasteiger partial charge is 0.497 e. The van der Waals surface area contributed by atoms with E-state index in [0.29, 0.717) is 17.1 Å². The molecular formula is C19H14Cl2N2O5. The molecule has 0 unspecified atom stereocenters. The Morgan fingerprint density at radius 3 is 2.46 bits per heavy atom. The van der Waals surface area contributed by atoms with Gasteiger partial charge in [-0.15, -0.1) is 0 Å². The van der Waals surface area contributed by atoms with Crippen LogP contribution in [0.2, 0.25) is 10.0 Å². The first-order valence-electron chi connectivity index (χ1n) is 7.95. The van der Waals surface area contributed by atoms with Crippen LogP contribution in [0.15, 0.2) is 42.0 Å². The first kappa shape index (κ1) is 19.7. The summed E-state index contributed by atoms with van der Waals surface area (Å²) in [5.41, 5.74) is 0.254. The first-order chi connectivity index (χ1) is 13.4. The molecule has 28 heavy (non-hydrogen) atoms. The predicted molar refractivity (Wildman–Crippen MR) is 105 cm³/mol. The van der Waals surface area contributed by atoms with Crippen LogP contribution in [-0.4, -0.2) is 32.1 Å². The molecule has 0 radical (unpaired) electrons. The van der Waals surface area contributed by atoms with Gasteiger partial charge in [0, 0.05) is 11.6 Å². The molecule has 1 heterocycles. The fraction of sp³-hybridized carbons (Fsp3) is 0.105. The maximum Gasteiger partial charge on any atom is 0.336 e. The summed E-state index contributed by atoms with van der Waals surface area (Å²) in [7, 11) is 2.95. The van der Waals surface area contributed by atoms with E-state index >= 15 is 0 Å². The highest BCUT2D eigenvalue weighted by atomic mass is 35.5. The van der Waals surface area contributed by atoms with E-state index in [1.54, 1.807) is 18.2 Å². The Bertz CT molecular complexity index is 1020. The highest BCUT2D eigenvalue weighted by Gasteiger charge is 2.38. The van der Waals surface area contributed by atoms with Crippen molar-refractivity contribution in [1.82, 2.24) is 5.32 Å². The molecule has 0 bridgehead atoms. The third kappa shape index (κ3) is 3.54. The van der Waals surface area contributed by atoms with Gasteiger partial charge in [0.2, 0.25) is 0 Å². The Morgan fingerprint density at radius 2 is 1.79 bits per heavy atom. The predicted octanol–water partition coefficient (Wildman–Crippen LogP) is 3.68. The lowest BCUT2D eigenvalue weighted by Gasteiger charge is -2.27. The second-order valence-electron chi connectivity index (χ2n) is 5.64. The maximum absolute atomic E-state index is 12.9. The number of imide groups is 2. The van der Waals surface area contributed by atoms with Crippen LogP contribution >= 0.6 is 23.2 Å². The molecule has 0 spiro atoms. The molecular weight excluding hydrogens is 407 g/mol. The summed E-state index contributed by atoms with van der Waals surface area (Å²) in [6.07, 6.45) is 1.33. The Balaban J connectivity index is 2.08. The minimum Gasteiger partial charge on any atom is -0.497 e. The van der Waals surface area contributed by atoms with Crippen LogP contribution in [0.1, 0.15) is 5.56 Å². The van der Waals surface area contributed by atoms with Crippen LogP contribution in [-0.2, 0) is 9.59 Å². The average molecular weight is 421 g/mol. The van der Waals surface area contributed by atoms with Crippen molar-refractivity contribution in [2.45, 2.75) is 0 Å². The zero-order valence-electron chi connectivity index (χ0n) is 14.8. The van der Waals surface area contributed by atoms with Crippen molar-refractivity contribution in [1.29, 1.82) is 0 Å². The molecule has 1 fully saturated rings. The van der Waals surface area contributed by atoms with Crippen molar-refractivity contribution in [2.75, 3.05) is 19.1 Å². The number of rotatable bonds is 4. The molecule has 3 rings (SSSR count). The molecule has 0 aromatic heterocycles. The van der Waals surface area contributed by atoms with E-state index in [2.05, 4.69) is 5.32 Å². The second kappa shape index (κ2) is 7.92. The second-order valence-corrected chi connectivity index (χ2v) is 6.42. The highest BCUT2D eigenvalue weighted by molar-refractivity contribution is 6.46. The maximum atomic E-state index is 12.9. The zero-order chi connectivity index (χ0) is 20.4. The number of methoxy groups -OCH3 is 2. The van der Waals surface area contributed by atoms with E-state index in [1.807, 2.05) is 0 Å². The number of hydrogen-bond donors (Lipinski definition) is 1. The standard InChI is InChI=1S/C19H14Cl2N2O5/c1-27-11-7-6-10(15(9-11)28-2)8-12-17(24)22-19(26)23(18(12)25)14-5-3-4-13(20)16(14)21/h3-9H,1-2H3,(H,22,24,26)/b12-8+. The molecule has 9 heteroatoms. The van der Waals surface area contributed by atoms with Gasteiger partial charge < -0.3 is 9.47 Å². The van der Waals surface area contributed by atoms with Crippen LogP contribution in [0.4, 0.5) is 10.5 Å². The van der Waals surface area contributed by atoms with Crippen molar-refractivity contribution in [3.63, 3.8) is 0 Å². The van der Waals surface area contributed by atoms with Gasteiger partial charge in [-0.05, 0) is 30.3 Å². The number of nitrogens with one attached hydrogen (secondary N) is 1. The lowest BCUT2D eigenvalue weighted by atomic mass is 10.1. The van der Waals surface area contributed by atoms with Gasteiger partial charge in [-0.3, -0.25) is 14.9 Å². The number of carbonyl (C=O) groups is 3. The molecule has 1 aliphatic rings. The van der Waals surface area contributed by atoms with E-state index < -0.39 is 17.8 Å². The number of anilines is 1. The Labute approximate surface area is 170 Å². The summed E-state index contributed by atoms with van der Waals surface area (Å²) in [4.78, 5) is 38.3. The SMILES string of the molecule is COc1ccc(/C=C2\C(=O)NC(=O)N(c3cccc(Cl)c3Cl)C2=O)c(OC)c1. The molecule has 0 aliphatic carbocycles. The summed E-state index contributed by atoms with van der Waals surface area (Å²) < 4.78 is 10.4. The third-order valence-electron chi connectivity index (χ3n) is 4.01. The molecule has 1 saturated heterocycles. The molecule has 1 N–H and O–H groups in total. The quantitative estimate of drug-likeness (QED) is 0.602. The van der Waals surface area contributed by atoms with Gasteiger partial charge in [0.05, 0.1) is 30.0 Å². The molecule has 0 atom stereocenters. The normalized spacial score (nSPS) is 15.6. The average Bonchev–Trinajstić information content (AvgIpc) is 2.68. The number of amides is 4. The van der Waals surface area contributed by atoms with Crippen molar-refractivity contribution in [2.24, 2.45) is 0 Å². The fourth-order valence-electron chi connectivity index (χ4n) is 2.63. The van der Waals surface area contributed by atoms with Gasteiger partial charge in [-0.1, -0.05) is 29.3 Å². The van der Waals surface area contributed by atoms with E-state index in [0.717, 1.165) is 4.90 Å². The van der Waals surface area contributed by atoms with Crippen LogP contribution in [0, 0.1) is 0 Å². The van der Waals surface area contributed by atoms with Crippen molar-refractivity contribution >= 4 is 52.8 Å². The molecule has 144 valence electrons. The molecule has 2 aromatic carbocycles. The van der Waals surface area contributed by atoms with E-state index in [-0.39, 0.29) is 21.3 Å².